The van der Waals surface area contributed by atoms with E-state index in [1.54, 1.807) is 0 Å². The van der Waals surface area contributed by atoms with E-state index in [1.165, 1.54) is 32.1 Å². The predicted octanol–water partition coefficient (Wildman–Crippen LogP) is 1.63. The summed E-state index contributed by atoms with van der Waals surface area (Å²) in [6.07, 6.45) is 7.37. The Labute approximate surface area is 104 Å². The number of amides is 1. The van der Waals surface area contributed by atoms with Gasteiger partial charge < -0.3 is 10.2 Å². The second-order valence-corrected chi connectivity index (χ2v) is 6.17. The summed E-state index contributed by atoms with van der Waals surface area (Å²) in [5, 5.41) is 3.40. The standard InChI is InChI=1S/C14H24N2O/c17-14(7-11-3-2-6-15-8-11)16-9-12-4-1-5-13(12)10-16/h11-13,15H,1-10H2. The minimum absolute atomic E-state index is 0.424. The van der Waals surface area contributed by atoms with Gasteiger partial charge in [0.1, 0.15) is 0 Å². The molecule has 0 aromatic heterocycles. The van der Waals surface area contributed by atoms with E-state index in [0.717, 1.165) is 44.4 Å². The molecule has 0 aromatic rings. The van der Waals surface area contributed by atoms with Gasteiger partial charge >= 0.3 is 0 Å². The molecule has 0 bridgehead atoms. The molecule has 2 heterocycles. The summed E-state index contributed by atoms with van der Waals surface area (Å²) < 4.78 is 0. The van der Waals surface area contributed by atoms with Gasteiger partial charge in [0.25, 0.3) is 0 Å². The fraction of sp³-hybridized carbons (Fsp3) is 0.929. The molecule has 3 heteroatoms. The molecule has 1 amide bonds. The highest BCUT2D eigenvalue weighted by atomic mass is 16.2. The van der Waals surface area contributed by atoms with Gasteiger partial charge in [-0.3, -0.25) is 4.79 Å². The molecule has 1 saturated carbocycles. The molecule has 3 unspecified atom stereocenters. The molecular formula is C14H24N2O. The van der Waals surface area contributed by atoms with Crippen LogP contribution in [0.2, 0.25) is 0 Å². The third-order valence-corrected chi connectivity index (χ3v) is 4.94. The predicted molar refractivity (Wildman–Crippen MR) is 67.6 cm³/mol. The first kappa shape index (κ1) is 11.5. The Bertz CT molecular complexity index is 274. The average molecular weight is 236 g/mol. The van der Waals surface area contributed by atoms with Crippen molar-refractivity contribution in [1.29, 1.82) is 0 Å². The molecule has 96 valence electrons. The molecule has 0 spiro atoms. The lowest BCUT2D eigenvalue weighted by molar-refractivity contribution is -0.131. The number of hydrogen-bond acceptors (Lipinski definition) is 2. The second kappa shape index (κ2) is 4.97. The Morgan fingerprint density at radius 3 is 2.53 bits per heavy atom. The van der Waals surface area contributed by atoms with Crippen LogP contribution < -0.4 is 5.32 Å². The summed E-state index contributed by atoms with van der Waals surface area (Å²) in [6, 6.07) is 0. The molecule has 0 aromatic carbocycles. The summed E-state index contributed by atoms with van der Waals surface area (Å²) in [6.45, 7) is 4.30. The lowest BCUT2D eigenvalue weighted by atomic mass is 9.95. The first-order chi connectivity index (χ1) is 8.33. The number of nitrogens with zero attached hydrogens (tertiary/aromatic N) is 1. The van der Waals surface area contributed by atoms with E-state index < -0.39 is 0 Å². The van der Waals surface area contributed by atoms with Crippen molar-refractivity contribution in [3.8, 4) is 0 Å². The highest BCUT2D eigenvalue weighted by molar-refractivity contribution is 5.76. The van der Waals surface area contributed by atoms with Crippen molar-refractivity contribution in [2.75, 3.05) is 26.2 Å². The Kier molecular flexibility index (Phi) is 3.37. The molecule has 3 nitrogen and oxygen atoms in total. The van der Waals surface area contributed by atoms with Crippen LogP contribution in [0.25, 0.3) is 0 Å². The first-order valence-electron chi connectivity index (χ1n) is 7.31. The zero-order chi connectivity index (χ0) is 11.7. The number of fused-ring (bicyclic) bond motifs is 1. The minimum Gasteiger partial charge on any atom is -0.342 e. The Morgan fingerprint density at radius 1 is 1.12 bits per heavy atom. The smallest absolute Gasteiger partial charge is 0.222 e. The van der Waals surface area contributed by atoms with E-state index in [4.69, 9.17) is 0 Å². The van der Waals surface area contributed by atoms with E-state index in [1.807, 2.05) is 0 Å². The number of carbonyl (C=O) groups excluding carboxylic acids is 1. The number of hydrogen-bond donors (Lipinski definition) is 1. The van der Waals surface area contributed by atoms with E-state index in [-0.39, 0.29) is 0 Å². The lowest BCUT2D eigenvalue weighted by Crippen LogP contribution is -2.36. The fourth-order valence-corrected chi connectivity index (χ4v) is 3.91. The van der Waals surface area contributed by atoms with Crippen LogP contribution >= 0.6 is 0 Å². The van der Waals surface area contributed by atoms with Crippen LogP contribution in [0.3, 0.4) is 0 Å². The van der Waals surface area contributed by atoms with Crippen molar-refractivity contribution < 1.29 is 4.79 Å². The molecular weight excluding hydrogens is 212 g/mol. The monoisotopic (exact) mass is 236 g/mol. The molecule has 3 rings (SSSR count). The molecule has 3 fully saturated rings. The van der Waals surface area contributed by atoms with Crippen LogP contribution in [0, 0.1) is 17.8 Å². The molecule has 1 N–H and O–H groups in total. The van der Waals surface area contributed by atoms with E-state index >= 15 is 0 Å². The van der Waals surface area contributed by atoms with Crippen molar-refractivity contribution in [3.63, 3.8) is 0 Å². The number of rotatable bonds is 2. The van der Waals surface area contributed by atoms with Crippen molar-refractivity contribution in [2.24, 2.45) is 17.8 Å². The van der Waals surface area contributed by atoms with Gasteiger partial charge in [-0.15, -0.1) is 0 Å². The van der Waals surface area contributed by atoms with Crippen LogP contribution in [0.5, 0.6) is 0 Å². The normalized spacial score (nSPS) is 37.2. The summed E-state index contributed by atoms with van der Waals surface area (Å²) in [7, 11) is 0. The summed E-state index contributed by atoms with van der Waals surface area (Å²) >= 11 is 0. The van der Waals surface area contributed by atoms with Crippen LogP contribution in [0.4, 0.5) is 0 Å². The van der Waals surface area contributed by atoms with Crippen molar-refractivity contribution >= 4 is 5.91 Å². The van der Waals surface area contributed by atoms with Gasteiger partial charge in [-0.05, 0) is 56.5 Å². The molecule has 1 aliphatic carbocycles. The quantitative estimate of drug-likeness (QED) is 0.790. The number of carbonyl (C=O) groups is 1. The third-order valence-electron chi connectivity index (χ3n) is 4.94. The zero-order valence-electron chi connectivity index (χ0n) is 10.7. The Balaban J connectivity index is 1.49. The van der Waals surface area contributed by atoms with Gasteiger partial charge in [0.05, 0.1) is 0 Å². The van der Waals surface area contributed by atoms with Gasteiger partial charge in [0, 0.05) is 19.5 Å². The second-order valence-electron chi connectivity index (χ2n) is 6.17. The third kappa shape index (κ3) is 2.49. The van der Waals surface area contributed by atoms with Crippen molar-refractivity contribution in [2.45, 2.75) is 38.5 Å². The maximum atomic E-state index is 12.2. The highest BCUT2D eigenvalue weighted by Gasteiger charge is 2.38. The summed E-state index contributed by atoms with van der Waals surface area (Å²) in [4.78, 5) is 14.4. The number of likely N-dealkylation sites (tertiary alicyclic amines) is 1. The average Bonchev–Trinajstić information content (AvgIpc) is 2.90. The SMILES string of the molecule is O=C(CC1CCCNC1)N1CC2CCCC2C1. The zero-order valence-corrected chi connectivity index (χ0v) is 10.7. The van der Waals surface area contributed by atoms with E-state index in [0.29, 0.717) is 11.8 Å². The van der Waals surface area contributed by atoms with Crippen LogP contribution in [0.1, 0.15) is 38.5 Å². The maximum absolute atomic E-state index is 12.2. The summed E-state index contributed by atoms with van der Waals surface area (Å²) in [5.74, 6) is 2.69. The van der Waals surface area contributed by atoms with Crippen LogP contribution in [-0.2, 0) is 4.79 Å². The molecule has 3 aliphatic rings. The minimum atomic E-state index is 0.424. The van der Waals surface area contributed by atoms with Gasteiger partial charge in [0.15, 0.2) is 0 Å². The van der Waals surface area contributed by atoms with Gasteiger partial charge in [-0.1, -0.05) is 6.42 Å². The Morgan fingerprint density at radius 2 is 1.88 bits per heavy atom. The molecule has 17 heavy (non-hydrogen) atoms. The summed E-state index contributed by atoms with van der Waals surface area (Å²) in [5.41, 5.74) is 0. The van der Waals surface area contributed by atoms with E-state index in [9.17, 15) is 4.79 Å². The lowest BCUT2D eigenvalue weighted by Gasteiger charge is -2.25. The topological polar surface area (TPSA) is 32.3 Å². The highest BCUT2D eigenvalue weighted by Crippen LogP contribution is 2.38. The van der Waals surface area contributed by atoms with Gasteiger partial charge in [0.2, 0.25) is 5.91 Å². The van der Waals surface area contributed by atoms with Gasteiger partial charge in [-0.25, -0.2) is 0 Å². The van der Waals surface area contributed by atoms with Crippen LogP contribution in [-0.4, -0.2) is 37.0 Å². The molecule has 3 atom stereocenters. The van der Waals surface area contributed by atoms with Gasteiger partial charge in [-0.2, -0.15) is 0 Å². The molecule has 2 aliphatic heterocycles. The number of piperidine rings is 1. The Hall–Kier alpha value is -0.570. The van der Waals surface area contributed by atoms with Crippen molar-refractivity contribution in [3.05, 3.63) is 0 Å². The number of nitrogens with one attached hydrogen (secondary N) is 1. The molecule has 2 saturated heterocycles. The largest absolute Gasteiger partial charge is 0.342 e. The van der Waals surface area contributed by atoms with Crippen LogP contribution in [0.15, 0.2) is 0 Å². The molecule has 0 radical (unpaired) electrons. The van der Waals surface area contributed by atoms with E-state index in [2.05, 4.69) is 10.2 Å². The van der Waals surface area contributed by atoms with Crippen molar-refractivity contribution in [1.82, 2.24) is 10.2 Å². The maximum Gasteiger partial charge on any atom is 0.222 e. The first-order valence-corrected chi connectivity index (χ1v) is 7.31. The fourth-order valence-electron chi connectivity index (χ4n) is 3.91.